The van der Waals surface area contributed by atoms with E-state index in [9.17, 15) is 10.4 Å². The fourth-order valence-corrected chi connectivity index (χ4v) is 3.10. The summed E-state index contributed by atoms with van der Waals surface area (Å²) in [7, 11) is 0. The fourth-order valence-electron chi connectivity index (χ4n) is 3.10. The van der Waals surface area contributed by atoms with Crippen LogP contribution in [-0.4, -0.2) is 43.7 Å². The molecule has 0 aliphatic carbocycles. The number of hydrogen-bond acceptors (Lipinski definition) is 5. The van der Waals surface area contributed by atoms with E-state index in [1.807, 2.05) is 24.3 Å². The second-order valence-corrected chi connectivity index (χ2v) is 5.91. The number of aromatic nitrogens is 3. The number of piperidine rings is 1. The molecular weight excluding hydrogens is 278 g/mol. The summed E-state index contributed by atoms with van der Waals surface area (Å²) in [6.45, 7) is 2.64. The highest BCUT2D eigenvalue weighted by molar-refractivity contribution is 5.37. The smallest absolute Gasteiger partial charge is 0.0995 e. The first-order chi connectivity index (χ1) is 10.7. The van der Waals surface area contributed by atoms with Gasteiger partial charge < -0.3 is 5.11 Å². The van der Waals surface area contributed by atoms with Crippen molar-refractivity contribution in [2.45, 2.75) is 31.5 Å². The van der Waals surface area contributed by atoms with Crippen LogP contribution in [0.3, 0.4) is 0 Å². The Hall–Kier alpha value is -2.23. The molecule has 1 unspecified atom stereocenters. The van der Waals surface area contributed by atoms with E-state index in [1.165, 1.54) is 0 Å². The lowest BCUT2D eigenvalue weighted by atomic mass is 9.92. The Morgan fingerprint density at radius 1 is 1.36 bits per heavy atom. The van der Waals surface area contributed by atoms with Crippen molar-refractivity contribution in [3.8, 4) is 6.07 Å². The Kier molecular flexibility index (Phi) is 4.18. The first kappa shape index (κ1) is 14.7. The first-order valence-electron chi connectivity index (χ1n) is 7.45. The number of benzene rings is 1. The molecule has 2 aromatic rings. The van der Waals surface area contributed by atoms with E-state index in [-0.39, 0.29) is 0 Å². The first-order valence-corrected chi connectivity index (χ1v) is 7.45. The molecule has 1 aromatic heterocycles. The molecule has 114 valence electrons. The second-order valence-electron chi connectivity index (χ2n) is 5.91. The third kappa shape index (κ3) is 3.32. The van der Waals surface area contributed by atoms with Gasteiger partial charge in [0.05, 0.1) is 30.0 Å². The molecule has 1 saturated heterocycles. The third-order valence-electron chi connectivity index (χ3n) is 4.09. The van der Waals surface area contributed by atoms with Crippen molar-refractivity contribution in [1.82, 2.24) is 19.9 Å². The molecule has 0 amide bonds. The quantitative estimate of drug-likeness (QED) is 0.916. The molecule has 3 rings (SSSR count). The lowest BCUT2D eigenvalue weighted by Crippen LogP contribution is -2.50. The molecule has 0 bridgehead atoms. The molecular formula is C16H19N5O. The van der Waals surface area contributed by atoms with Crippen molar-refractivity contribution in [3.63, 3.8) is 0 Å². The standard InChI is InChI=1S/C16H19N5O/c17-10-14-4-1-2-5-15(14)11-20-8-3-6-16(22,12-20)13-21-9-7-18-19-21/h1-2,4-5,7,9,22H,3,6,8,11-13H2. The van der Waals surface area contributed by atoms with Crippen LogP contribution in [0.4, 0.5) is 0 Å². The van der Waals surface area contributed by atoms with Gasteiger partial charge in [-0.25, -0.2) is 4.68 Å². The molecule has 1 aromatic carbocycles. The Bertz CT molecular complexity index is 663. The number of β-amino-alcohol motifs (C(OH)–C–C–N with tert-alkyl or cyclic N) is 1. The van der Waals surface area contributed by atoms with E-state index < -0.39 is 5.60 Å². The van der Waals surface area contributed by atoms with Crippen molar-refractivity contribution in [2.75, 3.05) is 13.1 Å². The summed E-state index contributed by atoms with van der Waals surface area (Å²) in [5, 5.41) is 27.7. The van der Waals surface area contributed by atoms with Gasteiger partial charge in [-0.05, 0) is 31.0 Å². The lowest BCUT2D eigenvalue weighted by molar-refractivity contribution is -0.0478. The van der Waals surface area contributed by atoms with Gasteiger partial charge in [0.2, 0.25) is 0 Å². The van der Waals surface area contributed by atoms with Crippen LogP contribution in [0.25, 0.3) is 0 Å². The van der Waals surface area contributed by atoms with E-state index in [1.54, 1.807) is 17.1 Å². The number of hydrogen-bond donors (Lipinski definition) is 1. The van der Waals surface area contributed by atoms with E-state index in [4.69, 9.17) is 0 Å². The number of nitriles is 1. The zero-order chi connectivity index (χ0) is 15.4. The van der Waals surface area contributed by atoms with Crippen LogP contribution in [-0.2, 0) is 13.1 Å². The zero-order valence-corrected chi connectivity index (χ0v) is 12.4. The van der Waals surface area contributed by atoms with Gasteiger partial charge in [-0.15, -0.1) is 5.10 Å². The molecule has 1 atom stereocenters. The molecule has 6 nitrogen and oxygen atoms in total. The van der Waals surface area contributed by atoms with Crippen LogP contribution in [0.15, 0.2) is 36.7 Å². The molecule has 2 heterocycles. The van der Waals surface area contributed by atoms with Crippen molar-refractivity contribution < 1.29 is 5.11 Å². The highest BCUT2D eigenvalue weighted by Crippen LogP contribution is 2.24. The molecule has 0 saturated carbocycles. The summed E-state index contributed by atoms with van der Waals surface area (Å²) in [5.41, 5.74) is 0.913. The Morgan fingerprint density at radius 3 is 3.00 bits per heavy atom. The molecule has 1 N–H and O–H groups in total. The molecule has 1 fully saturated rings. The maximum atomic E-state index is 10.8. The Balaban J connectivity index is 1.69. The lowest BCUT2D eigenvalue weighted by Gasteiger charge is -2.39. The minimum Gasteiger partial charge on any atom is -0.387 e. The Labute approximate surface area is 129 Å². The number of likely N-dealkylation sites (tertiary alicyclic amines) is 1. The van der Waals surface area contributed by atoms with Crippen LogP contribution in [0.2, 0.25) is 0 Å². The Morgan fingerprint density at radius 2 is 2.23 bits per heavy atom. The fraction of sp³-hybridized carbons (Fsp3) is 0.438. The molecule has 1 aliphatic heterocycles. The van der Waals surface area contributed by atoms with Crippen molar-refractivity contribution >= 4 is 0 Å². The van der Waals surface area contributed by atoms with Gasteiger partial charge in [0.25, 0.3) is 0 Å². The zero-order valence-electron chi connectivity index (χ0n) is 12.4. The largest absolute Gasteiger partial charge is 0.387 e. The van der Waals surface area contributed by atoms with Crippen molar-refractivity contribution in [2.24, 2.45) is 0 Å². The molecule has 6 heteroatoms. The van der Waals surface area contributed by atoms with Crippen LogP contribution in [0.1, 0.15) is 24.0 Å². The minimum absolute atomic E-state index is 0.448. The normalized spacial score (nSPS) is 22.4. The van der Waals surface area contributed by atoms with E-state index in [0.29, 0.717) is 25.2 Å². The molecule has 0 radical (unpaired) electrons. The van der Waals surface area contributed by atoms with Gasteiger partial charge in [0.1, 0.15) is 0 Å². The van der Waals surface area contributed by atoms with Crippen molar-refractivity contribution in [1.29, 1.82) is 5.26 Å². The third-order valence-corrected chi connectivity index (χ3v) is 4.09. The highest BCUT2D eigenvalue weighted by Gasteiger charge is 2.34. The van der Waals surface area contributed by atoms with Crippen LogP contribution < -0.4 is 0 Å². The maximum Gasteiger partial charge on any atom is 0.0995 e. The highest BCUT2D eigenvalue weighted by atomic mass is 16.3. The summed E-state index contributed by atoms with van der Waals surface area (Å²) in [4.78, 5) is 2.20. The van der Waals surface area contributed by atoms with Crippen LogP contribution in [0, 0.1) is 11.3 Å². The summed E-state index contributed by atoms with van der Waals surface area (Å²) in [6, 6.07) is 9.86. The monoisotopic (exact) mass is 297 g/mol. The van der Waals surface area contributed by atoms with Gasteiger partial charge in [0, 0.05) is 19.3 Å². The average molecular weight is 297 g/mol. The summed E-state index contributed by atoms with van der Waals surface area (Å²) in [5.74, 6) is 0. The van der Waals surface area contributed by atoms with Gasteiger partial charge >= 0.3 is 0 Å². The summed E-state index contributed by atoms with van der Waals surface area (Å²) in [6.07, 6.45) is 5.07. The number of nitrogens with zero attached hydrogens (tertiary/aromatic N) is 5. The van der Waals surface area contributed by atoms with Gasteiger partial charge in [-0.2, -0.15) is 5.26 Å². The van der Waals surface area contributed by atoms with E-state index >= 15 is 0 Å². The summed E-state index contributed by atoms with van der Waals surface area (Å²) < 4.78 is 1.67. The summed E-state index contributed by atoms with van der Waals surface area (Å²) >= 11 is 0. The maximum absolute atomic E-state index is 10.8. The second kappa shape index (κ2) is 6.26. The average Bonchev–Trinajstić information content (AvgIpc) is 3.00. The van der Waals surface area contributed by atoms with Crippen LogP contribution >= 0.6 is 0 Å². The predicted octanol–water partition coefficient (Wildman–Crippen LogP) is 1.18. The van der Waals surface area contributed by atoms with Gasteiger partial charge in [-0.3, -0.25) is 4.90 Å². The number of aliphatic hydroxyl groups is 1. The van der Waals surface area contributed by atoms with E-state index in [0.717, 1.165) is 24.9 Å². The number of rotatable bonds is 4. The predicted molar refractivity (Wildman–Crippen MR) is 80.6 cm³/mol. The molecule has 0 spiro atoms. The van der Waals surface area contributed by atoms with Crippen LogP contribution in [0.5, 0.6) is 0 Å². The van der Waals surface area contributed by atoms with Crippen molar-refractivity contribution in [3.05, 3.63) is 47.8 Å². The van der Waals surface area contributed by atoms with E-state index in [2.05, 4.69) is 21.3 Å². The topological polar surface area (TPSA) is 78.0 Å². The van der Waals surface area contributed by atoms with Gasteiger partial charge in [0.15, 0.2) is 0 Å². The SMILES string of the molecule is N#Cc1ccccc1CN1CCCC(O)(Cn2ccnn2)C1. The minimum atomic E-state index is -0.798. The molecule has 1 aliphatic rings. The molecule has 22 heavy (non-hydrogen) atoms. The van der Waals surface area contributed by atoms with Gasteiger partial charge in [-0.1, -0.05) is 23.4 Å².